The Kier molecular flexibility index (Phi) is 4.18. The second kappa shape index (κ2) is 5.21. The Morgan fingerprint density at radius 2 is 2.19 bits per heavy atom. The summed E-state index contributed by atoms with van der Waals surface area (Å²) < 4.78 is 25.2. The largest absolute Gasteiger partial charge is 0.481 e. The van der Waals surface area contributed by atoms with Crippen LogP contribution in [0.2, 0.25) is 0 Å². The molecule has 16 heavy (non-hydrogen) atoms. The number of rotatable bonds is 4. The zero-order valence-corrected chi connectivity index (χ0v) is 9.26. The molecule has 3 nitrogen and oxygen atoms in total. The molecule has 0 saturated carbocycles. The highest BCUT2D eigenvalue weighted by atomic mass is 35.5. The number of carboxylic acids is 1. The van der Waals surface area contributed by atoms with Gasteiger partial charge in [0, 0.05) is 23.3 Å². The molecule has 1 heterocycles. The molecule has 88 valence electrons. The number of hydrogen-bond acceptors (Lipinski definition) is 2. The van der Waals surface area contributed by atoms with Crippen LogP contribution in [-0.2, 0) is 17.1 Å². The van der Waals surface area contributed by atoms with Crippen molar-refractivity contribution in [3.05, 3.63) is 28.6 Å². The van der Waals surface area contributed by atoms with Crippen LogP contribution in [-0.4, -0.2) is 16.1 Å². The molecule has 0 fully saturated rings. The van der Waals surface area contributed by atoms with Gasteiger partial charge in [-0.25, -0.2) is 8.78 Å². The van der Waals surface area contributed by atoms with Crippen LogP contribution < -0.4 is 0 Å². The van der Waals surface area contributed by atoms with Crippen LogP contribution in [0.25, 0.3) is 0 Å². The number of pyridine rings is 1. The van der Waals surface area contributed by atoms with E-state index in [0.717, 1.165) is 6.20 Å². The number of hydrogen-bond donors (Lipinski definition) is 1. The molecule has 0 amide bonds. The van der Waals surface area contributed by atoms with Crippen LogP contribution in [0.5, 0.6) is 0 Å². The average molecular weight is 250 g/mol. The van der Waals surface area contributed by atoms with Gasteiger partial charge in [0.25, 0.3) is 6.43 Å². The first-order valence-corrected chi connectivity index (χ1v) is 5.04. The summed E-state index contributed by atoms with van der Waals surface area (Å²) in [6.07, 6.45) is -2.00. The van der Waals surface area contributed by atoms with Gasteiger partial charge in [-0.2, -0.15) is 0 Å². The Bertz CT molecular complexity index is 410. The van der Waals surface area contributed by atoms with E-state index in [1.165, 1.54) is 0 Å². The maximum absolute atomic E-state index is 12.6. The number of halogens is 3. The Morgan fingerprint density at radius 1 is 1.56 bits per heavy atom. The quantitative estimate of drug-likeness (QED) is 0.835. The number of carbonyl (C=O) groups is 1. The molecule has 0 unspecified atom stereocenters. The summed E-state index contributed by atoms with van der Waals surface area (Å²) >= 11 is 5.58. The highest BCUT2D eigenvalue weighted by Crippen LogP contribution is 2.27. The lowest BCUT2D eigenvalue weighted by molar-refractivity contribution is -0.136. The lowest BCUT2D eigenvalue weighted by atomic mass is 10.0. The van der Waals surface area contributed by atoms with Crippen LogP contribution in [0.1, 0.15) is 28.8 Å². The second-order valence-corrected chi connectivity index (χ2v) is 3.53. The molecule has 1 rings (SSSR count). The number of aromatic nitrogens is 1. The monoisotopic (exact) mass is 249 g/mol. The lowest BCUT2D eigenvalue weighted by Crippen LogP contribution is -2.09. The molecule has 1 aromatic heterocycles. The fourth-order valence-electron chi connectivity index (χ4n) is 1.45. The summed E-state index contributed by atoms with van der Waals surface area (Å²) in [7, 11) is 0. The van der Waals surface area contributed by atoms with Crippen LogP contribution in [0.15, 0.2) is 6.20 Å². The molecule has 1 aromatic rings. The van der Waals surface area contributed by atoms with E-state index in [2.05, 4.69) is 4.98 Å². The van der Waals surface area contributed by atoms with Gasteiger partial charge in [0.2, 0.25) is 0 Å². The Morgan fingerprint density at radius 3 is 2.62 bits per heavy atom. The summed E-state index contributed by atoms with van der Waals surface area (Å²) in [5, 5.41) is 8.68. The van der Waals surface area contributed by atoms with Crippen molar-refractivity contribution in [3.63, 3.8) is 0 Å². The SMILES string of the molecule is Cc1ncc(C(F)F)c(CCl)c1CC(=O)O. The minimum absolute atomic E-state index is 0.147. The van der Waals surface area contributed by atoms with Gasteiger partial charge < -0.3 is 5.11 Å². The fourth-order valence-corrected chi connectivity index (χ4v) is 1.76. The molecule has 6 heteroatoms. The highest BCUT2D eigenvalue weighted by Gasteiger charge is 2.19. The Labute approximate surface area is 96.1 Å². The van der Waals surface area contributed by atoms with Crippen molar-refractivity contribution in [2.75, 3.05) is 0 Å². The maximum Gasteiger partial charge on any atom is 0.307 e. The average Bonchev–Trinajstić information content (AvgIpc) is 2.19. The number of alkyl halides is 3. The van der Waals surface area contributed by atoms with Crippen molar-refractivity contribution < 1.29 is 18.7 Å². The summed E-state index contributed by atoms with van der Waals surface area (Å²) in [6.45, 7) is 1.57. The lowest BCUT2D eigenvalue weighted by Gasteiger charge is -2.12. The summed E-state index contributed by atoms with van der Waals surface area (Å²) in [6, 6.07) is 0. The number of carboxylic acid groups (broad SMARTS) is 1. The van der Waals surface area contributed by atoms with Gasteiger partial charge in [0.1, 0.15) is 0 Å². The van der Waals surface area contributed by atoms with Gasteiger partial charge in [-0.15, -0.1) is 11.6 Å². The molecule has 0 aliphatic rings. The number of nitrogens with zero attached hydrogens (tertiary/aromatic N) is 1. The Balaban J connectivity index is 3.32. The first kappa shape index (κ1) is 12.8. The molecular formula is C10H10ClF2NO2. The van der Waals surface area contributed by atoms with Crippen molar-refractivity contribution in [2.45, 2.75) is 25.7 Å². The van der Waals surface area contributed by atoms with Crippen LogP contribution in [0.4, 0.5) is 8.78 Å². The third-order valence-corrected chi connectivity index (χ3v) is 2.51. The minimum Gasteiger partial charge on any atom is -0.481 e. The minimum atomic E-state index is -2.70. The summed E-state index contributed by atoms with van der Waals surface area (Å²) in [4.78, 5) is 14.4. The predicted octanol–water partition coefficient (Wildman–Crippen LogP) is 2.69. The maximum atomic E-state index is 12.6. The van der Waals surface area contributed by atoms with E-state index in [1.54, 1.807) is 6.92 Å². The zero-order valence-electron chi connectivity index (χ0n) is 8.51. The molecule has 0 aliphatic carbocycles. The van der Waals surface area contributed by atoms with Gasteiger partial charge in [-0.05, 0) is 18.1 Å². The third-order valence-electron chi connectivity index (χ3n) is 2.24. The molecule has 0 bridgehead atoms. The van der Waals surface area contributed by atoms with E-state index >= 15 is 0 Å². The van der Waals surface area contributed by atoms with Gasteiger partial charge in [0.05, 0.1) is 6.42 Å². The van der Waals surface area contributed by atoms with E-state index in [9.17, 15) is 13.6 Å². The highest BCUT2D eigenvalue weighted by molar-refractivity contribution is 6.17. The summed E-state index contributed by atoms with van der Waals surface area (Å²) in [5.41, 5.74) is 0.575. The molecule has 0 radical (unpaired) electrons. The van der Waals surface area contributed by atoms with Gasteiger partial charge >= 0.3 is 5.97 Å². The fraction of sp³-hybridized carbons (Fsp3) is 0.400. The second-order valence-electron chi connectivity index (χ2n) is 3.26. The first-order valence-electron chi connectivity index (χ1n) is 4.50. The zero-order chi connectivity index (χ0) is 12.3. The van der Waals surface area contributed by atoms with E-state index in [1.807, 2.05) is 0 Å². The summed E-state index contributed by atoms with van der Waals surface area (Å²) in [5.74, 6) is -1.24. The van der Waals surface area contributed by atoms with E-state index < -0.39 is 12.4 Å². The van der Waals surface area contributed by atoms with Crippen molar-refractivity contribution in [1.82, 2.24) is 4.98 Å². The molecule has 0 saturated heterocycles. The molecule has 0 aliphatic heterocycles. The van der Waals surface area contributed by atoms with Gasteiger partial charge in [-0.3, -0.25) is 9.78 Å². The van der Waals surface area contributed by atoms with Crippen LogP contribution >= 0.6 is 11.6 Å². The van der Waals surface area contributed by atoms with Crippen molar-refractivity contribution in [3.8, 4) is 0 Å². The smallest absolute Gasteiger partial charge is 0.307 e. The van der Waals surface area contributed by atoms with Crippen molar-refractivity contribution in [2.24, 2.45) is 0 Å². The molecule has 0 aromatic carbocycles. The molecule has 0 spiro atoms. The van der Waals surface area contributed by atoms with Crippen LogP contribution in [0.3, 0.4) is 0 Å². The van der Waals surface area contributed by atoms with Crippen molar-refractivity contribution in [1.29, 1.82) is 0 Å². The predicted molar refractivity (Wildman–Crippen MR) is 54.8 cm³/mol. The first-order chi connectivity index (χ1) is 7.47. The van der Waals surface area contributed by atoms with Gasteiger partial charge in [-0.1, -0.05) is 0 Å². The topological polar surface area (TPSA) is 50.2 Å². The standard InChI is InChI=1S/C10H10ClF2NO2/c1-5-6(2-9(15)16)7(3-11)8(4-14-5)10(12)13/h4,10H,2-3H2,1H3,(H,15,16). The molecule has 0 atom stereocenters. The third kappa shape index (κ3) is 2.66. The van der Waals surface area contributed by atoms with Crippen molar-refractivity contribution >= 4 is 17.6 Å². The normalized spacial score (nSPS) is 10.8. The number of aliphatic carboxylic acids is 1. The van der Waals surface area contributed by atoms with E-state index in [0.29, 0.717) is 5.69 Å². The van der Waals surface area contributed by atoms with Gasteiger partial charge in [0.15, 0.2) is 0 Å². The van der Waals surface area contributed by atoms with E-state index in [-0.39, 0.29) is 29.0 Å². The molecule has 1 N–H and O–H groups in total. The number of aryl methyl sites for hydroxylation is 1. The van der Waals surface area contributed by atoms with E-state index in [4.69, 9.17) is 16.7 Å². The molecular weight excluding hydrogens is 240 g/mol. The Hall–Kier alpha value is -1.23. The van der Waals surface area contributed by atoms with Crippen LogP contribution in [0, 0.1) is 6.92 Å².